The number of nitrogens with zero attached hydrogens (tertiary/aromatic N) is 1. The van der Waals surface area contributed by atoms with Gasteiger partial charge in [0, 0.05) is 16.3 Å². The van der Waals surface area contributed by atoms with Crippen LogP contribution in [0, 0.1) is 0 Å². The third kappa shape index (κ3) is 3.07. The van der Waals surface area contributed by atoms with Crippen molar-refractivity contribution < 1.29 is 13.5 Å². The van der Waals surface area contributed by atoms with Gasteiger partial charge in [-0.3, -0.25) is 0 Å². The SMILES string of the molecule is O=S(=O)(CO)Cc1ccc(-c2nc3ccccc3c3ccccc23)cc1. The highest BCUT2D eigenvalue weighted by molar-refractivity contribution is 7.90. The van der Waals surface area contributed by atoms with E-state index in [1.807, 2.05) is 48.5 Å². The van der Waals surface area contributed by atoms with E-state index in [4.69, 9.17) is 10.1 Å². The minimum absolute atomic E-state index is 0.171. The molecule has 0 aliphatic heterocycles. The summed E-state index contributed by atoms with van der Waals surface area (Å²) in [4.78, 5) is 4.84. The Morgan fingerprint density at radius 3 is 2.08 bits per heavy atom. The number of benzene rings is 3. The Bertz CT molecular complexity index is 1200. The monoisotopic (exact) mass is 363 g/mol. The van der Waals surface area contributed by atoms with E-state index in [1.54, 1.807) is 12.1 Å². The van der Waals surface area contributed by atoms with Crippen LogP contribution in [0.4, 0.5) is 0 Å². The second-order valence-corrected chi connectivity index (χ2v) is 8.27. The lowest BCUT2D eigenvalue weighted by atomic mass is 9.99. The summed E-state index contributed by atoms with van der Waals surface area (Å²) in [5, 5.41) is 12.2. The first-order valence-electron chi connectivity index (χ1n) is 8.25. The highest BCUT2D eigenvalue weighted by Gasteiger charge is 2.12. The van der Waals surface area contributed by atoms with Crippen molar-refractivity contribution >= 4 is 31.5 Å². The van der Waals surface area contributed by atoms with Crippen LogP contribution in [0.2, 0.25) is 0 Å². The number of aromatic nitrogens is 1. The van der Waals surface area contributed by atoms with Crippen molar-refractivity contribution in [3.63, 3.8) is 0 Å². The lowest BCUT2D eigenvalue weighted by Crippen LogP contribution is -2.08. The quantitative estimate of drug-likeness (QED) is 0.558. The molecular weight excluding hydrogens is 346 g/mol. The standard InChI is InChI=1S/C21H17NO3S/c23-14-26(24,25)13-15-9-11-16(12-10-15)21-19-7-2-1-5-17(19)18-6-3-4-8-20(18)22-21/h1-12,23H,13-14H2. The molecule has 0 atom stereocenters. The summed E-state index contributed by atoms with van der Waals surface area (Å²) in [5.41, 5.74) is 3.37. The molecule has 0 radical (unpaired) electrons. The van der Waals surface area contributed by atoms with Crippen molar-refractivity contribution in [2.24, 2.45) is 0 Å². The van der Waals surface area contributed by atoms with Crippen molar-refractivity contribution in [1.29, 1.82) is 0 Å². The third-order valence-corrected chi connectivity index (χ3v) is 5.59. The van der Waals surface area contributed by atoms with E-state index in [2.05, 4.69) is 12.1 Å². The van der Waals surface area contributed by atoms with Crippen LogP contribution in [-0.2, 0) is 15.6 Å². The van der Waals surface area contributed by atoms with Gasteiger partial charge in [-0.15, -0.1) is 0 Å². The molecule has 1 heterocycles. The molecule has 4 nitrogen and oxygen atoms in total. The number of pyridine rings is 1. The first kappa shape index (κ1) is 16.7. The Morgan fingerprint density at radius 1 is 0.769 bits per heavy atom. The molecule has 0 unspecified atom stereocenters. The van der Waals surface area contributed by atoms with Crippen molar-refractivity contribution in [3.8, 4) is 11.3 Å². The zero-order valence-corrected chi connectivity index (χ0v) is 14.8. The van der Waals surface area contributed by atoms with E-state index in [1.165, 1.54) is 0 Å². The van der Waals surface area contributed by atoms with Crippen LogP contribution in [0.15, 0.2) is 72.8 Å². The molecule has 0 saturated heterocycles. The maximum Gasteiger partial charge on any atom is 0.178 e. The molecular formula is C21H17NO3S. The molecule has 0 aliphatic carbocycles. The molecule has 5 heteroatoms. The van der Waals surface area contributed by atoms with Gasteiger partial charge in [0.15, 0.2) is 9.84 Å². The van der Waals surface area contributed by atoms with Crippen LogP contribution in [-0.4, -0.2) is 24.4 Å². The summed E-state index contributed by atoms with van der Waals surface area (Å²) < 4.78 is 23.2. The number of rotatable bonds is 4. The second kappa shape index (κ2) is 6.52. The minimum Gasteiger partial charge on any atom is -0.380 e. The molecule has 3 aromatic carbocycles. The van der Waals surface area contributed by atoms with Crippen molar-refractivity contribution in [2.75, 3.05) is 5.94 Å². The van der Waals surface area contributed by atoms with Gasteiger partial charge in [0.05, 0.1) is 17.0 Å². The molecule has 0 bridgehead atoms. The Labute approximate surface area is 151 Å². The zero-order chi connectivity index (χ0) is 18.1. The molecule has 0 spiro atoms. The first-order chi connectivity index (χ1) is 12.6. The van der Waals surface area contributed by atoms with Crippen LogP contribution >= 0.6 is 0 Å². The maximum atomic E-state index is 11.6. The van der Waals surface area contributed by atoms with Gasteiger partial charge in [0.25, 0.3) is 0 Å². The number of sulfone groups is 1. The largest absolute Gasteiger partial charge is 0.380 e. The fourth-order valence-corrected chi connectivity index (χ4v) is 3.97. The Balaban J connectivity index is 1.86. The fourth-order valence-electron chi connectivity index (χ4n) is 3.18. The summed E-state index contributed by atoms with van der Waals surface area (Å²) >= 11 is 0. The number of hydrogen-bond acceptors (Lipinski definition) is 4. The Kier molecular flexibility index (Phi) is 4.18. The molecule has 4 aromatic rings. The molecule has 0 fully saturated rings. The average molecular weight is 363 g/mol. The van der Waals surface area contributed by atoms with E-state index >= 15 is 0 Å². The number of para-hydroxylation sites is 1. The summed E-state index contributed by atoms with van der Waals surface area (Å²) in [6, 6.07) is 23.5. The maximum absolute atomic E-state index is 11.6. The van der Waals surface area contributed by atoms with Gasteiger partial charge in [-0.25, -0.2) is 13.4 Å². The average Bonchev–Trinajstić information content (AvgIpc) is 2.68. The number of fused-ring (bicyclic) bond motifs is 3. The van der Waals surface area contributed by atoms with Crippen molar-refractivity contribution in [3.05, 3.63) is 78.4 Å². The molecule has 1 N–H and O–H groups in total. The number of aliphatic hydroxyl groups excluding tert-OH is 1. The normalized spacial score (nSPS) is 11.9. The number of aliphatic hydroxyl groups is 1. The van der Waals surface area contributed by atoms with E-state index in [9.17, 15) is 8.42 Å². The smallest absolute Gasteiger partial charge is 0.178 e. The van der Waals surface area contributed by atoms with Crippen LogP contribution in [0.3, 0.4) is 0 Å². The fraction of sp³-hybridized carbons (Fsp3) is 0.0952. The van der Waals surface area contributed by atoms with Crippen LogP contribution in [0.5, 0.6) is 0 Å². The molecule has 1 aromatic heterocycles. The van der Waals surface area contributed by atoms with Gasteiger partial charge >= 0.3 is 0 Å². The third-order valence-electron chi connectivity index (χ3n) is 4.42. The molecule has 130 valence electrons. The molecule has 0 aliphatic rings. The summed E-state index contributed by atoms with van der Waals surface area (Å²) in [6.07, 6.45) is 0. The summed E-state index contributed by atoms with van der Waals surface area (Å²) in [6.45, 7) is 0. The molecule has 0 amide bonds. The highest BCUT2D eigenvalue weighted by Crippen LogP contribution is 2.32. The minimum atomic E-state index is -3.47. The second-order valence-electron chi connectivity index (χ2n) is 6.24. The topological polar surface area (TPSA) is 67.3 Å². The van der Waals surface area contributed by atoms with Crippen LogP contribution in [0.1, 0.15) is 5.56 Å². The van der Waals surface area contributed by atoms with Gasteiger partial charge in [-0.2, -0.15) is 0 Å². The molecule has 4 rings (SSSR count). The summed E-state index contributed by atoms with van der Waals surface area (Å²) in [5.74, 6) is -1.01. The molecule has 26 heavy (non-hydrogen) atoms. The summed E-state index contributed by atoms with van der Waals surface area (Å²) in [7, 11) is -3.47. The zero-order valence-electron chi connectivity index (χ0n) is 14.0. The van der Waals surface area contributed by atoms with E-state index in [0.29, 0.717) is 5.56 Å². The van der Waals surface area contributed by atoms with Gasteiger partial charge in [-0.1, -0.05) is 66.7 Å². The van der Waals surface area contributed by atoms with E-state index in [0.717, 1.165) is 32.9 Å². The van der Waals surface area contributed by atoms with Crippen molar-refractivity contribution in [2.45, 2.75) is 5.75 Å². The van der Waals surface area contributed by atoms with Gasteiger partial charge in [-0.05, 0) is 17.0 Å². The Hall–Kier alpha value is -2.76. The lowest BCUT2D eigenvalue weighted by Gasteiger charge is -2.10. The first-order valence-corrected chi connectivity index (χ1v) is 10.1. The Morgan fingerprint density at radius 2 is 1.38 bits per heavy atom. The predicted octanol–water partition coefficient (Wildman–Crippen LogP) is 3.92. The van der Waals surface area contributed by atoms with Crippen molar-refractivity contribution in [1.82, 2.24) is 4.98 Å². The van der Waals surface area contributed by atoms with Crippen LogP contribution in [0.25, 0.3) is 32.9 Å². The van der Waals surface area contributed by atoms with Gasteiger partial charge in [0.2, 0.25) is 0 Å². The van der Waals surface area contributed by atoms with Gasteiger partial charge < -0.3 is 5.11 Å². The van der Waals surface area contributed by atoms with E-state index in [-0.39, 0.29) is 5.75 Å². The number of hydrogen-bond donors (Lipinski definition) is 1. The predicted molar refractivity (Wildman–Crippen MR) is 104 cm³/mol. The van der Waals surface area contributed by atoms with Gasteiger partial charge in [0.1, 0.15) is 5.94 Å². The molecule has 0 saturated carbocycles. The lowest BCUT2D eigenvalue weighted by molar-refractivity contribution is 0.358. The van der Waals surface area contributed by atoms with E-state index < -0.39 is 15.8 Å². The van der Waals surface area contributed by atoms with Crippen LogP contribution < -0.4 is 0 Å². The highest BCUT2D eigenvalue weighted by atomic mass is 32.2.